The molecule has 4 N–H and O–H groups in total. The highest BCUT2D eigenvalue weighted by Crippen LogP contribution is 2.15. The second-order valence-corrected chi connectivity index (χ2v) is 5.95. The first kappa shape index (κ1) is 18.7. The zero-order valence-electron chi connectivity index (χ0n) is 14.9. The van der Waals surface area contributed by atoms with Gasteiger partial charge < -0.3 is 15.7 Å². The number of unbranched alkanes of at least 4 members (excludes halogenated alkanes) is 1. The standard InChI is InChI=1S/C18H25N5O2/c1-12-6-7-15(10-13(12)2)21-18(25)23-17-20-14(3)11-16(22-17)19-8-4-5-9-24/h6-7,10-11,24H,4-5,8-9H2,1-3H3,(H3,19,20,21,22,23,25). The molecule has 25 heavy (non-hydrogen) atoms. The lowest BCUT2D eigenvalue weighted by molar-refractivity contribution is 0.262. The fourth-order valence-corrected chi connectivity index (χ4v) is 2.25. The number of nitrogens with one attached hydrogen (secondary N) is 3. The molecule has 7 nitrogen and oxygen atoms in total. The van der Waals surface area contributed by atoms with Crippen molar-refractivity contribution in [1.82, 2.24) is 9.97 Å². The van der Waals surface area contributed by atoms with Crippen LogP contribution in [-0.4, -0.2) is 34.3 Å². The number of rotatable bonds is 7. The lowest BCUT2D eigenvalue weighted by Gasteiger charge is -2.11. The summed E-state index contributed by atoms with van der Waals surface area (Å²) in [5.41, 5.74) is 3.75. The number of carbonyl (C=O) groups excluding carboxylic acids is 1. The number of hydrogen-bond donors (Lipinski definition) is 4. The molecule has 2 aromatic rings. The van der Waals surface area contributed by atoms with E-state index in [1.54, 1.807) is 0 Å². The van der Waals surface area contributed by atoms with Gasteiger partial charge in [-0.25, -0.2) is 9.78 Å². The van der Waals surface area contributed by atoms with Gasteiger partial charge in [0.2, 0.25) is 5.95 Å². The van der Waals surface area contributed by atoms with Crippen LogP contribution >= 0.6 is 0 Å². The van der Waals surface area contributed by atoms with E-state index in [9.17, 15) is 4.79 Å². The van der Waals surface area contributed by atoms with Crippen LogP contribution in [-0.2, 0) is 0 Å². The summed E-state index contributed by atoms with van der Waals surface area (Å²) in [4.78, 5) is 20.7. The van der Waals surface area contributed by atoms with E-state index in [0.717, 1.165) is 29.8 Å². The van der Waals surface area contributed by atoms with Gasteiger partial charge in [0, 0.05) is 30.6 Å². The van der Waals surface area contributed by atoms with Crippen LogP contribution in [0.2, 0.25) is 0 Å². The minimum Gasteiger partial charge on any atom is -0.396 e. The fourth-order valence-electron chi connectivity index (χ4n) is 2.25. The van der Waals surface area contributed by atoms with E-state index < -0.39 is 0 Å². The van der Waals surface area contributed by atoms with Crippen molar-refractivity contribution in [3.63, 3.8) is 0 Å². The zero-order valence-corrected chi connectivity index (χ0v) is 14.9. The van der Waals surface area contributed by atoms with Crippen molar-refractivity contribution in [1.29, 1.82) is 0 Å². The minimum absolute atomic E-state index is 0.177. The molecule has 0 unspecified atom stereocenters. The molecule has 1 aromatic carbocycles. The van der Waals surface area contributed by atoms with Gasteiger partial charge in [-0.1, -0.05) is 6.07 Å². The zero-order chi connectivity index (χ0) is 18.2. The summed E-state index contributed by atoms with van der Waals surface area (Å²) in [6.45, 7) is 6.74. The third kappa shape index (κ3) is 6.04. The first-order chi connectivity index (χ1) is 12.0. The van der Waals surface area contributed by atoms with Gasteiger partial charge in [-0.3, -0.25) is 5.32 Å². The Bertz CT molecular complexity index is 733. The highest BCUT2D eigenvalue weighted by atomic mass is 16.2. The largest absolute Gasteiger partial charge is 0.396 e. The Balaban J connectivity index is 1.97. The molecule has 0 aliphatic rings. The Morgan fingerprint density at radius 2 is 1.84 bits per heavy atom. The van der Waals surface area contributed by atoms with Crippen molar-refractivity contribution in [3.05, 3.63) is 41.1 Å². The van der Waals surface area contributed by atoms with Gasteiger partial charge >= 0.3 is 6.03 Å². The summed E-state index contributed by atoms with van der Waals surface area (Å²) in [5, 5.41) is 17.4. The maximum atomic E-state index is 12.1. The molecule has 0 spiro atoms. The van der Waals surface area contributed by atoms with Crippen molar-refractivity contribution >= 4 is 23.5 Å². The van der Waals surface area contributed by atoms with Crippen LogP contribution in [0.5, 0.6) is 0 Å². The molecule has 0 bridgehead atoms. The lowest BCUT2D eigenvalue weighted by Crippen LogP contribution is -2.21. The van der Waals surface area contributed by atoms with Gasteiger partial charge in [-0.05, 0) is 56.9 Å². The summed E-state index contributed by atoms with van der Waals surface area (Å²) in [7, 11) is 0. The summed E-state index contributed by atoms with van der Waals surface area (Å²) in [6, 6.07) is 7.15. The van der Waals surface area contributed by atoms with E-state index >= 15 is 0 Å². The fraction of sp³-hybridized carbons (Fsp3) is 0.389. The van der Waals surface area contributed by atoms with Crippen molar-refractivity contribution in [2.75, 3.05) is 29.1 Å². The van der Waals surface area contributed by atoms with Gasteiger partial charge in [-0.2, -0.15) is 4.98 Å². The lowest BCUT2D eigenvalue weighted by atomic mass is 10.1. The van der Waals surface area contributed by atoms with Crippen molar-refractivity contribution in [2.45, 2.75) is 33.6 Å². The number of benzene rings is 1. The number of hydrogen-bond acceptors (Lipinski definition) is 5. The quantitative estimate of drug-likeness (QED) is 0.579. The molecule has 134 valence electrons. The number of nitrogens with zero attached hydrogens (tertiary/aromatic N) is 2. The third-order valence-corrected chi connectivity index (χ3v) is 3.74. The molecular weight excluding hydrogens is 318 g/mol. The number of aryl methyl sites for hydroxylation is 3. The summed E-state index contributed by atoms with van der Waals surface area (Å²) >= 11 is 0. The monoisotopic (exact) mass is 343 g/mol. The molecule has 0 saturated heterocycles. The third-order valence-electron chi connectivity index (χ3n) is 3.74. The Labute approximate surface area is 147 Å². The Kier molecular flexibility index (Phi) is 6.71. The van der Waals surface area contributed by atoms with Gasteiger partial charge in [0.25, 0.3) is 0 Å². The molecule has 2 amide bonds. The second-order valence-electron chi connectivity index (χ2n) is 5.95. The van der Waals surface area contributed by atoms with Crippen molar-refractivity contribution in [2.24, 2.45) is 0 Å². The number of amides is 2. The summed E-state index contributed by atoms with van der Waals surface area (Å²) < 4.78 is 0. The number of urea groups is 1. The molecule has 2 rings (SSSR count). The average Bonchev–Trinajstić information content (AvgIpc) is 2.54. The molecule has 7 heteroatoms. The Hall–Kier alpha value is -2.67. The summed E-state index contributed by atoms with van der Waals surface area (Å²) in [5.74, 6) is 0.887. The number of aliphatic hydroxyl groups excluding tert-OH is 1. The molecule has 0 atom stereocenters. The van der Waals surface area contributed by atoms with Gasteiger partial charge in [0.1, 0.15) is 5.82 Å². The predicted octanol–water partition coefficient (Wildman–Crippen LogP) is 3.23. The molecule has 0 aliphatic carbocycles. The highest BCUT2D eigenvalue weighted by Gasteiger charge is 2.08. The van der Waals surface area contributed by atoms with Crippen LogP contribution in [0.3, 0.4) is 0 Å². The normalized spacial score (nSPS) is 10.4. The molecule has 1 heterocycles. The van der Waals surface area contributed by atoms with Gasteiger partial charge in [0.15, 0.2) is 0 Å². The number of aliphatic hydroxyl groups is 1. The van der Waals surface area contributed by atoms with Gasteiger partial charge in [-0.15, -0.1) is 0 Å². The molecule has 0 saturated carbocycles. The first-order valence-corrected chi connectivity index (χ1v) is 8.33. The van der Waals surface area contributed by atoms with Crippen molar-refractivity contribution < 1.29 is 9.90 Å². The molecule has 1 aromatic heterocycles. The summed E-state index contributed by atoms with van der Waals surface area (Å²) in [6.07, 6.45) is 1.58. The van der Waals surface area contributed by atoms with Crippen LogP contribution in [0.15, 0.2) is 24.3 Å². The van der Waals surface area contributed by atoms with Crippen molar-refractivity contribution in [3.8, 4) is 0 Å². The number of aromatic nitrogens is 2. The number of carbonyl (C=O) groups is 1. The Morgan fingerprint density at radius 1 is 1.04 bits per heavy atom. The van der Waals surface area contributed by atoms with Crippen LogP contribution in [0.25, 0.3) is 0 Å². The molecule has 0 radical (unpaired) electrons. The van der Waals surface area contributed by atoms with E-state index in [1.807, 2.05) is 45.0 Å². The SMILES string of the molecule is Cc1cc(NCCCCO)nc(NC(=O)Nc2ccc(C)c(C)c2)n1. The maximum absolute atomic E-state index is 12.1. The van der Waals surface area contributed by atoms with Crippen LogP contribution in [0.1, 0.15) is 29.7 Å². The van der Waals surface area contributed by atoms with Crippen LogP contribution in [0, 0.1) is 20.8 Å². The second kappa shape index (κ2) is 8.98. The van der Waals surface area contributed by atoms with E-state index in [4.69, 9.17) is 5.11 Å². The molecule has 0 fully saturated rings. The van der Waals surface area contributed by atoms with E-state index in [1.165, 1.54) is 5.56 Å². The average molecular weight is 343 g/mol. The minimum atomic E-state index is -0.389. The highest BCUT2D eigenvalue weighted by molar-refractivity contribution is 5.98. The van der Waals surface area contributed by atoms with Gasteiger partial charge in [0.05, 0.1) is 0 Å². The molecule has 0 aliphatic heterocycles. The van der Waals surface area contributed by atoms with Crippen LogP contribution in [0.4, 0.5) is 22.2 Å². The maximum Gasteiger partial charge on any atom is 0.326 e. The van der Waals surface area contributed by atoms with E-state index in [2.05, 4.69) is 25.9 Å². The topological polar surface area (TPSA) is 99.2 Å². The number of anilines is 3. The van der Waals surface area contributed by atoms with E-state index in [-0.39, 0.29) is 18.6 Å². The predicted molar refractivity (Wildman–Crippen MR) is 100 cm³/mol. The molecular formula is C18H25N5O2. The Morgan fingerprint density at radius 3 is 2.56 bits per heavy atom. The van der Waals surface area contributed by atoms with Crippen LogP contribution < -0.4 is 16.0 Å². The van der Waals surface area contributed by atoms with E-state index in [0.29, 0.717) is 12.4 Å². The smallest absolute Gasteiger partial charge is 0.326 e. The first-order valence-electron chi connectivity index (χ1n) is 8.33.